The smallest absolute Gasteiger partial charge is 0.0416 e. The lowest BCUT2D eigenvalue weighted by molar-refractivity contribution is 0.283. The summed E-state index contributed by atoms with van der Waals surface area (Å²) in [5.41, 5.74) is 1.18. The molecule has 0 spiro atoms. The summed E-state index contributed by atoms with van der Waals surface area (Å²) in [7, 11) is 2.19. The first-order chi connectivity index (χ1) is 8.72. The van der Waals surface area contributed by atoms with E-state index in [1.807, 2.05) is 12.3 Å². The van der Waals surface area contributed by atoms with Gasteiger partial charge in [-0.05, 0) is 44.6 Å². The number of aromatic nitrogens is 1. The molecule has 0 aliphatic rings. The van der Waals surface area contributed by atoms with Gasteiger partial charge in [0.15, 0.2) is 0 Å². The number of hydrogen-bond acceptors (Lipinski definition) is 3. The highest BCUT2D eigenvalue weighted by atomic mass is 15.1. The van der Waals surface area contributed by atoms with Crippen LogP contribution in [-0.4, -0.2) is 43.1 Å². The second-order valence-electron chi connectivity index (χ2n) is 5.14. The fourth-order valence-corrected chi connectivity index (χ4v) is 2.06. The highest BCUT2D eigenvalue weighted by molar-refractivity contribution is 5.03. The Morgan fingerprint density at radius 3 is 2.89 bits per heavy atom. The summed E-state index contributed by atoms with van der Waals surface area (Å²) in [6.07, 6.45) is 4.11. The highest BCUT2D eigenvalue weighted by Crippen LogP contribution is 2.00. The van der Waals surface area contributed by atoms with Crippen molar-refractivity contribution in [3.05, 3.63) is 30.1 Å². The summed E-state index contributed by atoms with van der Waals surface area (Å²) >= 11 is 0. The van der Waals surface area contributed by atoms with Gasteiger partial charge >= 0.3 is 0 Å². The fraction of sp³-hybridized carbons (Fsp3) is 0.667. The Balaban J connectivity index is 2.15. The standard InChI is InChI=1S/C15H27N3/c1-4-9-16-12-14(2)13-18(3)11-8-15-7-5-6-10-17-15/h5-7,10,14,16H,4,8-9,11-13H2,1-3H3. The van der Waals surface area contributed by atoms with E-state index in [0.29, 0.717) is 5.92 Å². The number of rotatable bonds is 9. The van der Waals surface area contributed by atoms with Crippen LogP contribution in [-0.2, 0) is 6.42 Å². The van der Waals surface area contributed by atoms with Crippen LogP contribution in [0.5, 0.6) is 0 Å². The van der Waals surface area contributed by atoms with Crippen LogP contribution in [0.4, 0.5) is 0 Å². The normalized spacial score (nSPS) is 12.9. The minimum absolute atomic E-state index is 0.699. The van der Waals surface area contributed by atoms with E-state index in [4.69, 9.17) is 0 Å². The van der Waals surface area contributed by atoms with Crippen LogP contribution in [0.2, 0.25) is 0 Å². The van der Waals surface area contributed by atoms with Crippen LogP contribution in [0.3, 0.4) is 0 Å². The summed E-state index contributed by atoms with van der Waals surface area (Å²) < 4.78 is 0. The van der Waals surface area contributed by atoms with Gasteiger partial charge < -0.3 is 10.2 Å². The van der Waals surface area contributed by atoms with Crippen molar-refractivity contribution in [1.29, 1.82) is 0 Å². The van der Waals surface area contributed by atoms with Crippen molar-refractivity contribution in [2.24, 2.45) is 5.92 Å². The second-order valence-corrected chi connectivity index (χ2v) is 5.14. The number of nitrogens with zero attached hydrogens (tertiary/aromatic N) is 2. The first-order valence-corrected chi connectivity index (χ1v) is 7.01. The van der Waals surface area contributed by atoms with Crippen LogP contribution < -0.4 is 5.32 Å². The Labute approximate surface area is 112 Å². The third kappa shape index (κ3) is 6.72. The molecule has 1 N–H and O–H groups in total. The van der Waals surface area contributed by atoms with E-state index in [1.54, 1.807) is 0 Å². The molecule has 1 atom stereocenters. The lowest BCUT2D eigenvalue weighted by Crippen LogP contribution is -2.32. The highest BCUT2D eigenvalue weighted by Gasteiger charge is 2.06. The van der Waals surface area contributed by atoms with Crippen molar-refractivity contribution >= 4 is 0 Å². The third-order valence-corrected chi connectivity index (χ3v) is 3.02. The average Bonchev–Trinajstić information content (AvgIpc) is 2.38. The molecule has 0 amide bonds. The molecule has 0 bridgehead atoms. The van der Waals surface area contributed by atoms with Gasteiger partial charge in [0.1, 0.15) is 0 Å². The second kappa shape index (κ2) is 9.06. The van der Waals surface area contributed by atoms with Gasteiger partial charge in [-0.3, -0.25) is 4.98 Å². The zero-order valence-electron chi connectivity index (χ0n) is 12.0. The summed E-state index contributed by atoms with van der Waals surface area (Å²) in [5, 5.41) is 3.47. The van der Waals surface area contributed by atoms with E-state index in [2.05, 4.69) is 48.2 Å². The molecular formula is C15H27N3. The Bertz CT molecular complexity index is 300. The third-order valence-electron chi connectivity index (χ3n) is 3.02. The Morgan fingerprint density at radius 1 is 1.39 bits per heavy atom. The molecule has 1 unspecified atom stereocenters. The quantitative estimate of drug-likeness (QED) is 0.680. The van der Waals surface area contributed by atoms with Gasteiger partial charge in [-0.2, -0.15) is 0 Å². The predicted molar refractivity (Wildman–Crippen MR) is 77.8 cm³/mol. The first-order valence-electron chi connectivity index (χ1n) is 7.01. The maximum atomic E-state index is 4.35. The van der Waals surface area contributed by atoms with E-state index in [1.165, 1.54) is 12.1 Å². The molecule has 0 aliphatic carbocycles. The van der Waals surface area contributed by atoms with Crippen LogP contribution in [0.15, 0.2) is 24.4 Å². The lowest BCUT2D eigenvalue weighted by Gasteiger charge is -2.21. The van der Waals surface area contributed by atoms with Crippen molar-refractivity contribution in [3.8, 4) is 0 Å². The van der Waals surface area contributed by atoms with Gasteiger partial charge in [-0.25, -0.2) is 0 Å². The van der Waals surface area contributed by atoms with Crippen LogP contribution in [0.1, 0.15) is 26.0 Å². The van der Waals surface area contributed by atoms with Crippen molar-refractivity contribution in [1.82, 2.24) is 15.2 Å². The molecule has 0 saturated carbocycles. The molecule has 1 rings (SSSR count). The van der Waals surface area contributed by atoms with E-state index in [0.717, 1.165) is 32.6 Å². The molecule has 0 aromatic carbocycles. The van der Waals surface area contributed by atoms with Gasteiger partial charge in [0, 0.05) is 31.4 Å². The monoisotopic (exact) mass is 249 g/mol. The van der Waals surface area contributed by atoms with Gasteiger partial charge in [-0.15, -0.1) is 0 Å². The summed E-state index contributed by atoms with van der Waals surface area (Å²) in [5.74, 6) is 0.699. The number of nitrogens with one attached hydrogen (secondary N) is 1. The van der Waals surface area contributed by atoms with E-state index < -0.39 is 0 Å². The van der Waals surface area contributed by atoms with E-state index in [-0.39, 0.29) is 0 Å². The molecule has 18 heavy (non-hydrogen) atoms. The molecule has 0 saturated heterocycles. The summed E-state index contributed by atoms with van der Waals surface area (Å²) in [6, 6.07) is 6.12. The number of likely N-dealkylation sites (N-methyl/N-ethyl adjacent to an activating group) is 1. The Morgan fingerprint density at radius 2 is 2.22 bits per heavy atom. The minimum Gasteiger partial charge on any atom is -0.316 e. The fourth-order valence-electron chi connectivity index (χ4n) is 2.06. The molecule has 3 nitrogen and oxygen atoms in total. The van der Waals surface area contributed by atoms with Crippen LogP contribution in [0.25, 0.3) is 0 Å². The van der Waals surface area contributed by atoms with E-state index >= 15 is 0 Å². The molecule has 102 valence electrons. The van der Waals surface area contributed by atoms with Crippen molar-refractivity contribution in [3.63, 3.8) is 0 Å². The Kier molecular flexibility index (Phi) is 7.62. The first kappa shape index (κ1) is 15.1. The largest absolute Gasteiger partial charge is 0.316 e. The topological polar surface area (TPSA) is 28.2 Å². The zero-order valence-corrected chi connectivity index (χ0v) is 12.0. The lowest BCUT2D eigenvalue weighted by atomic mass is 10.1. The predicted octanol–water partition coefficient (Wildman–Crippen LogP) is 2.19. The zero-order chi connectivity index (χ0) is 13.2. The van der Waals surface area contributed by atoms with Gasteiger partial charge in [0.2, 0.25) is 0 Å². The van der Waals surface area contributed by atoms with Crippen LogP contribution >= 0.6 is 0 Å². The van der Waals surface area contributed by atoms with Crippen molar-refractivity contribution in [2.75, 3.05) is 33.2 Å². The molecule has 0 aliphatic heterocycles. The molecule has 1 aromatic rings. The van der Waals surface area contributed by atoms with Crippen LogP contribution in [0, 0.1) is 5.92 Å². The molecule has 0 fully saturated rings. The summed E-state index contributed by atoms with van der Waals surface area (Å²) in [4.78, 5) is 6.75. The SMILES string of the molecule is CCCNCC(C)CN(C)CCc1ccccn1. The summed E-state index contributed by atoms with van der Waals surface area (Å²) in [6.45, 7) is 8.97. The van der Waals surface area contributed by atoms with Crippen molar-refractivity contribution < 1.29 is 0 Å². The number of hydrogen-bond donors (Lipinski definition) is 1. The molecule has 1 heterocycles. The van der Waals surface area contributed by atoms with E-state index in [9.17, 15) is 0 Å². The van der Waals surface area contributed by atoms with Crippen molar-refractivity contribution in [2.45, 2.75) is 26.7 Å². The maximum absolute atomic E-state index is 4.35. The number of pyridine rings is 1. The van der Waals surface area contributed by atoms with Gasteiger partial charge in [0.05, 0.1) is 0 Å². The minimum atomic E-state index is 0.699. The molecule has 0 radical (unpaired) electrons. The molecule has 3 heteroatoms. The van der Waals surface area contributed by atoms with Gasteiger partial charge in [0.25, 0.3) is 0 Å². The molecule has 1 aromatic heterocycles. The molecular weight excluding hydrogens is 222 g/mol. The Hall–Kier alpha value is -0.930. The maximum Gasteiger partial charge on any atom is 0.0416 e. The van der Waals surface area contributed by atoms with Gasteiger partial charge in [-0.1, -0.05) is 19.9 Å². The average molecular weight is 249 g/mol.